The summed E-state index contributed by atoms with van der Waals surface area (Å²) in [5.41, 5.74) is 2.84. The van der Waals surface area contributed by atoms with Gasteiger partial charge in [-0.15, -0.1) is 0 Å². The number of carbonyl (C=O) groups is 2. The molecule has 1 aromatic carbocycles. The Kier molecular flexibility index (Phi) is 6.34. The molecule has 0 aromatic heterocycles. The quantitative estimate of drug-likeness (QED) is 0.713. The lowest BCUT2D eigenvalue weighted by Crippen LogP contribution is -3.16. The Morgan fingerprint density at radius 1 is 1.12 bits per heavy atom. The molecule has 1 fully saturated rings. The average Bonchev–Trinajstić information content (AvgIpc) is 2.48. The number of hydrogen-bond acceptors (Lipinski definition) is 3. The highest BCUT2D eigenvalue weighted by atomic mass is 16.5. The summed E-state index contributed by atoms with van der Waals surface area (Å²) in [6, 6.07) is 5.85. The minimum atomic E-state index is -0.209. The number of ether oxygens (including phenoxy) is 1. The van der Waals surface area contributed by atoms with Crippen LogP contribution in [0.2, 0.25) is 0 Å². The van der Waals surface area contributed by atoms with Crippen LogP contribution in [0, 0.1) is 13.8 Å². The van der Waals surface area contributed by atoms with Crippen LogP contribution in [-0.4, -0.2) is 50.2 Å². The molecule has 6 heteroatoms. The fourth-order valence-corrected chi connectivity index (χ4v) is 3.20. The van der Waals surface area contributed by atoms with E-state index in [0.717, 1.165) is 29.9 Å². The zero-order chi connectivity index (χ0) is 17.7. The third-order valence-electron chi connectivity index (χ3n) is 4.22. The molecule has 24 heavy (non-hydrogen) atoms. The van der Waals surface area contributed by atoms with E-state index in [2.05, 4.69) is 10.6 Å². The lowest BCUT2D eigenvalue weighted by Gasteiger charge is -2.31. The number of para-hydroxylation sites is 1. The SMILES string of the molecule is Cc1cccc(C)c1NC(=O)CNC(=O)C[NH+]1C[C@H](C)O[C@@H](C)C1. The highest BCUT2D eigenvalue weighted by molar-refractivity contribution is 5.95. The number of rotatable bonds is 5. The van der Waals surface area contributed by atoms with Gasteiger partial charge in [-0.3, -0.25) is 9.59 Å². The van der Waals surface area contributed by atoms with E-state index in [4.69, 9.17) is 4.74 Å². The van der Waals surface area contributed by atoms with Crippen LogP contribution in [0.3, 0.4) is 0 Å². The second-order valence-corrected chi connectivity index (χ2v) is 6.68. The molecule has 3 N–H and O–H groups in total. The van der Waals surface area contributed by atoms with Crippen LogP contribution in [0.1, 0.15) is 25.0 Å². The Labute approximate surface area is 143 Å². The van der Waals surface area contributed by atoms with E-state index in [9.17, 15) is 9.59 Å². The first-order valence-corrected chi connectivity index (χ1v) is 8.47. The number of morpholine rings is 1. The third-order valence-corrected chi connectivity index (χ3v) is 4.22. The van der Waals surface area contributed by atoms with Crippen molar-refractivity contribution in [2.75, 3.05) is 31.5 Å². The molecular weight excluding hydrogens is 306 g/mol. The summed E-state index contributed by atoms with van der Waals surface area (Å²) in [5.74, 6) is -0.317. The summed E-state index contributed by atoms with van der Waals surface area (Å²) in [4.78, 5) is 25.3. The summed E-state index contributed by atoms with van der Waals surface area (Å²) < 4.78 is 5.67. The first-order valence-electron chi connectivity index (χ1n) is 8.47. The molecule has 1 aromatic rings. The standard InChI is InChI=1S/C18H27N3O3/c1-12-6-5-7-13(2)18(12)20-16(22)8-19-17(23)11-21-9-14(3)24-15(4)10-21/h5-7,14-15H,8-11H2,1-4H3,(H,19,23)(H,20,22)/p+1/t14-,15-/m0/s1. The molecule has 1 heterocycles. The van der Waals surface area contributed by atoms with Crippen LogP contribution >= 0.6 is 0 Å². The Morgan fingerprint density at radius 3 is 2.29 bits per heavy atom. The molecule has 0 aliphatic carbocycles. The van der Waals surface area contributed by atoms with E-state index in [0.29, 0.717) is 6.54 Å². The Bertz CT molecular complexity index is 573. The summed E-state index contributed by atoms with van der Waals surface area (Å²) >= 11 is 0. The van der Waals surface area contributed by atoms with Crippen LogP contribution in [0.15, 0.2) is 18.2 Å². The van der Waals surface area contributed by atoms with Crippen molar-refractivity contribution in [3.05, 3.63) is 29.3 Å². The zero-order valence-electron chi connectivity index (χ0n) is 14.9. The van der Waals surface area contributed by atoms with Gasteiger partial charge >= 0.3 is 0 Å². The lowest BCUT2D eigenvalue weighted by atomic mass is 10.1. The van der Waals surface area contributed by atoms with Gasteiger partial charge in [-0.2, -0.15) is 0 Å². The molecule has 1 aliphatic rings. The minimum Gasteiger partial charge on any atom is -0.364 e. The topological polar surface area (TPSA) is 71.9 Å². The monoisotopic (exact) mass is 334 g/mol. The van der Waals surface area contributed by atoms with Gasteiger partial charge in [-0.1, -0.05) is 18.2 Å². The zero-order valence-corrected chi connectivity index (χ0v) is 14.9. The van der Waals surface area contributed by atoms with Crippen LogP contribution in [0.25, 0.3) is 0 Å². The number of hydrogen-bond donors (Lipinski definition) is 3. The second-order valence-electron chi connectivity index (χ2n) is 6.68. The summed E-state index contributed by atoms with van der Waals surface area (Å²) in [6.45, 7) is 9.92. The number of carbonyl (C=O) groups excluding carboxylic acids is 2. The predicted molar refractivity (Wildman–Crippen MR) is 93.1 cm³/mol. The van der Waals surface area contributed by atoms with Crippen LogP contribution in [0.5, 0.6) is 0 Å². The molecule has 0 spiro atoms. The molecule has 1 aliphatic heterocycles. The first kappa shape index (κ1) is 18.4. The normalized spacial score (nSPS) is 23.6. The number of quaternary nitrogens is 1. The van der Waals surface area contributed by atoms with E-state index in [-0.39, 0.29) is 30.6 Å². The molecule has 0 unspecified atom stereocenters. The fourth-order valence-electron chi connectivity index (χ4n) is 3.20. The molecule has 132 valence electrons. The van der Waals surface area contributed by atoms with Crippen molar-refractivity contribution in [2.24, 2.45) is 0 Å². The van der Waals surface area contributed by atoms with Gasteiger partial charge in [0.15, 0.2) is 6.54 Å². The molecule has 0 saturated carbocycles. The van der Waals surface area contributed by atoms with Gasteiger partial charge in [0.05, 0.1) is 6.54 Å². The fraction of sp³-hybridized carbons (Fsp3) is 0.556. The van der Waals surface area contributed by atoms with Crippen molar-refractivity contribution in [3.63, 3.8) is 0 Å². The predicted octanol–water partition coefficient (Wildman–Crippen LogP) is 0.0502. The highest BCUT2D eigenvalue weighted by Gasteiger charge is 2.27. The summed E-state index contributed by atoms with van der Waals surface area (Å²) in [6.07, 6.45) is 0.313. The van der Waals surface area contributed by atoms with E-state index in [1.54, 1.807) is 0 Å². The molecular formula is C18H28N3O3+. The Hall–Kier alpha value is -1.92. The van der Waals surface area contributed by atoms with Crippen molar-refractivity contribution in [1.82, 2.24) is 5.32 Å². The van der Waals surface area contributed by atoms with Crippen LogP contribution in [0.4, 0.5) is 5.69 Å². The van der Waals surface area contributed by atoms with Crippen LogP contribution in [-0.2, 0) is 14.3 Å². The van der Waals surface area contributed by atoms with Gasteiger partial charge in [0, 0.05) is 5.69 Å². The van der Waals surface area contributed by atoms with Gasteiger partial charge in [-0.25, -0.2) is 0 Å². The Morgan fingerprint density at radius 2 is 1.71 bits per heavy atom. The van der Waals surface area contributed by atoms with Crippen molar-refractivity contribution in [2.45, 2.75) is 39.9 Å². The number of aryl methyl sites for hydroxylation is 2. The number of nitrogens with one attached hydrogen (secondary N) is 3. The molecule has 2 rings (SSSR count). The highest BCUT2D eigenvalue weighted by Crippen LogP contribution is 2.18. The van der Waals surface area contributed by atoms with Crippen molar-refractivity contribution in [3.8, 4) is 0 Å². The number of benzene rings is 1. The van der Waals surface area contributed by atoms with Crippen molar-refractivity contribution in [1.29, 1.82) is 0 Å². The maximum absolute atomic E-state index is 12.1. The van der Waals surface area contributed by atoms with E-state index in [1.807, 2.05) is 45.9 Å². The van der Waals surface area contributed by atoms with E-state index in [1.165, 1.54) is 4.90 Å². The van der Waals surface area contributed by atoms with Crippen molar-refractivity contribution >= 4 is 17.5 Å². The van der Waals surface area contributed by atoms with Crippen molar-refractivity contribution < 1.29 is 19.2 Å². The van der Waals surface area contributed by atoms with Gasteiger partial charge in [0.1, 0.15) is 25.3 Å². The minimum absolute atomic E-state index is 0.0124. The number of anilines is 1. The Balaban J connectivity index is 1.78. The van der Waals surface area contributed by atoms with Gasteiger partial charge < -0.3 is 20.3 Å². The molecule has 1 saturated heterocycles. The lowest BCUT2D eigenvalue weighted by molar-refractivity contribution is -0.907. The average molecular weight is 334 g/mol. The van der Waals surface area contributed by atoms with Crippen LogP contribution < -0.4 is 15.5 Å². The van der Waals surface area contributed by atoms with E-state index >= 15 is 0 Å². The summed E-state index contributed by atoms with van der Waals surface area (Å²) in [5, 5.41) is 5.58. The second kappa shape index (κ2) is 8.26. The largest absolute Gasteiger partial charge is 0.364 e. The third kappa shape index (κ3) is 5.32. The van der Waals surface area contributed by atoms with E-state index < -0.39 is 0 Å². The molecule has 0 bridgehead atoms. The number of amides is 2. The molecule has 6 nitrogen and oxygen atoms in total. The smallest absolute Gasteiger partial charge is 0.275 e. The molecule has 0 radical (unpaired) electrons. The van der Waals surface area contributed by atoms with Gasteiger partial charge in [0.25, 0.3) is 5.91 Å². The first-order chi connectivity index (χ1) is 11.3. The van der Waals surface area contributed by atoms with Gasteiger partial charge in [0.2, 0.25) is 5.91 Å². The summed E-state index contributed by atoms with van der Waals surface area (Å²) in [7, 11) is 0. The molecule has 2 amide bonds. The maximum atomic E-state index is 12.1. The maximum Gasteiger partial charge on any atom is 0.275 e. The van der Waals surface area contributed by atoms with Gasteiger partial charge in [-0.05, 0) is 38.8 Å². The molecule has 2 atom stereocenters.